The molecule has 2 amide bonds. The summed E-state index contributed by atoms with van der Waals surface area (Å²) in [5, 5.41) is 0.621. The number of nitrogens with zero attached hydrogens (tertiary/aromatic N) is 1. The Labute approximate surface area is 220 Å². The van der Waals surface area contributed by atoms with Gasteiger partial charge in [-0.15, -0.1) is 0 Å². The van der Waals surface area contributed by atoms with Gasteiger partial charge in [-0.3, -0.25) is 14.5 Å². The van der Waals surface area contributed by atoms with Gasteiger partial charge in [0.2, 0.25) is 6.79 Å². The molecule has 0 atom stereocenters. The Balaban J connectivity index is 1.40. The number of fused-ring (bicyclic) bond motifs is 1. The topological polar surface area (TPSA) is 65.1 Å². The van der Waals surface area contributed by atoms with Crippen LogP contribution in [0.4, 0.5) is 4.79 Å². The second-order valence-electron chi connectivity index (χ2n) is 7.64. The molecule has 1 saturated heterocycles. The van der Waals surface area contributed by atoms with Crippen molar-refractivity contribution in [3.8, 4) is 17.2 Å². The van der Waals surface area contributed by atoms with Gasteiger partial charge in [0.15, 0.2) is 11.5 Å². The molecule has 0 bridgehead atoms. The molecule has 3 aromatic carbocycles. The van der Waals surface area contributed by atoms with E-state index >= 15 is 0 Å². The maximum atomic E-state index is 13.1. The van der Waals surface area contributed by atoms with E-state index in [0.717, 1.165) is 22.2 Å². The van der Waals surface area contributed by atoms with Gasteiger partial charge < -0.3 is 14.2 Å². The number of benzene rings is 3. The summed E-state index contributed by atoms with van der Waals surface area (Å²) >= 11 is 19.8. The summed E-state index contributed by atoms with van der Waals surface area (Å²) in [4.78, 5) is 27.2. The highest BCUT2D eigenvalue weighted by Gasteiger charge is 2.36. The van der Waals surface area contributed by atoms with E-state index in [1.807, 2.05) is 30.3 Å². The van der Waals surface area contributed by atoms with Crippen LogP contribution in [0.15, 0.2) is 59.5 Å². The molecule has 5 rings (SSSR count). The molecule has 2 heterocycles. The van der Waals surface area contributed by atoms with Gasteiger partial charge >= 0.3 is 0 Å². The highest BCUT2D eigenvalue weighted by atomic mass is 35.5. The second-order valence-corrected chi connectivity index (χ2v) is 9.89. The number of imide groups is 1. The summed E-state index contributed by atoms with van der Waals surface area (Å²) in [6, 6.07) is 16.1. The number of amides is 2. The fraction of sp³-hybridized carbons (Fsp3) is 0.120. The van der Waals surface area contributed by atoms with E-state index in [9.17, 15) is 9.59 Å². The normalized spacial score (nSPS) is 15.9. The van der Waals surface area contributed by atoms with Crippen molar-refractivity contribution in [2.75, 3.05) is 6.79 Å². The van der Waals surface area contributed by atoms with Crippen molar-refractivity contribution in [1.82, 2.24) is 4.90 Å². The number of rotatable bonds is 6. The lowest BCUT2D eigenvalue weighted by Crippen LogP contribution is -2.27. The molecular weight excluding hydrogens is 533 g/mol. The van der Waals surface area contributed by atoms with Gasteiger partial charge in [-0.1, -0.05) is 65.1 Å². The maximum Gasteiger partial charge on any atom is 0.293 e. The Morgan fingerprint density at radius 1 is 0.971 bits per heavy atom. The molecule has 0 aromatic heterocycles. The molecule has 0 aliphatic carbocycles. The first-order valence-corrected chi connectivity index (χ1v) is 12.3. The molecule has 2 aliphatic rings. The van der Waals surface area contributed by atoms with Gasteiger partial charge in [0.05, 0.1) is 16.5 Å². The zero-order valence-corrected chi connectivity index (χ0v) is 21.0. The summed E-state index contributed by atoms with van der Waals surface area (Å²) in [6.45, 7) is 0.356. The Hall–Kier alpha value is -2.84. The SMILES string of the molecule is O=C1S/C(=C\c2cc(Cl)cc(Cl)c2OCc2ccccc2)C(=O)N1Cc1cc2c(cc1Cl)OCO2. The average Bonchev–Trinajstić information content (AvgIpc) is 3.38. The number of carbonyl (C=O) groups is 2. The van der Waals surface area contributed by atoms with Crippen molar-refractivity contribution in [1.29, 1.82) is 0 Å². The largest absolute Gasteiger partial charge is 0.487 e. The lowest BCUT2D eigenvalue weighted by Gasteiger charge is -2.14. The molecule has 10 heteroatoms. The van der Waals surface area contributed by atoms with E-state index < -0.39 is 11.1 Å². The van der Waals surface area contributed by atoms with Gasteiger partial charge in [-0.2, -0.15) is 0 Å². The van der Waals surface area contributed by atoms with Crippen molar-refractivity contribution < 1.29 is 23.8 Å². The van der Waals surface area contributed by atoms with Crippen molar-refractivity contribution in [2.24, 2.45) is 0 Å². The lowest BCUT2D eigenvalue weighted by molar-refractivity contribution is -0.123. The van der Waals surface area contributed by atoms with Crippen LogP contribution in [0.25, 0.3) is 6.08 Å². The minimum Gasteiger partial charge on any atom is -0.487 e. The molecule has 3 aromatic rings. The smallest absolute Gasteiger partial charge is 0.293 e. The predicted molar refractivity (Wildman–Crippen MR) is 136 cm³/mol. The van der Waals surface area contributed by atoms with Crippen LogP contribution in [0.3, 0.4) is 0 Å². The van der Waals surface area contributed by atoms with Gasteiger partial charge in [0.1, 0.15) is 12.4 Å². The number of carbonyl (C=O) groups excluding carboxylic acids is 2. The Morgan fingerprint density at radius 2 is 1.71 bits per heavy atom. The molecule has 0 spiro atoms. The van der Waals surface area contributed by atoms with E-state index in [2.05, 4.69) is 0 Å². The maximum absolute atomic E-state index is 13.1. The van der Waals surface area contributed by atoms with E-state index in [1.165, 1.54) is 0 Å². The average molecular weight is 549 g/mol. The van der Waals surface area contributed by atoms with Crippen molar-refractivity contribution >= 4 is 63.8 Å². The number of halogens is 3. The summed E-state index contributed by atoms with van der Waals surface area (Å²) in [5.74, 6) is 0.943. The summed E-state index contributed by atoms with van der Waals surface area (Å²) in [6.07, 6.45) is 1.56. The van der Waals surface area contributed by atoms with E-state index in [0.29, 0.717) is 43.4 Å². The third-order valence-electron chi connectivity index (χ3n) is 5.29. The molecule has 0 unspecified atom stereocenters. The Morgan fingerprint density at radius 3 is 2.49 bits per heavy atom. The van der Waals surface area contributed by atoms with Gasteiger partial charge in [0, 0.05) is 21.7 Å². The number of hydrogen-bond donors (Lipinski definition) is 0. The van der Waals surface area contributed by atoms with E-state index in [-0.39, 0.29) is 24.8 Å². The number of hydrogen-bond acceptors (Lipinski definition) is 6. The molecule has 0 N–H and O–H groups in total. The third kappa shape index (κ3) is 5.09. The van der Waals surface area contributed by atoms with Crippen LogP contribution in [0.2, 0.25) is 15.1 Å². The van der Waals surface area contributed by atoms with Crippen LogP contribution in [0.5, 0.6) is 17.2 Å². The fourth-order valence-electron chi connectivity index (χ4n) is 3.60. The van der Waals surface area contributed by atoms with Crippen LogP contribution >= 0.6 is 46.6 Å². The van der Waals surface area contributed by atoms with Crippen LogP contribution in [-0.4, -0.2) is 22.8 Å². The first-order chi connectivity index (χ1) is 16.9. The molecule has 6 nitrogen and oxygen atoms in total. The minimum atomic E-state index is -0.459. The van der Waals surface area contributed by atoms with Crippen LogP contribution in [0.1, 0.15) is 16.7 Å². The van der Waals surface area contributed by atoms with E-state index in [1.54, 1.807) is 30.3 Å². The zero-order chi connectivity index (χ0) is 24.5. The van der Waals surface area contributed by atoms with Crippen molar-refractivity contribution in [3.05, 3.63) is 91.3 Å². The van der Waals surface area contributed by atoms with Crippen molar-refractivity contribution in [2.45, 2.75) is 13.2 Å². The summed E-state index contributed by atoms with van der Waals surface area (Å²) in [7, 11) is 0. The fourth-order valence-corrected chi connectivity index (χ4v) is 5.20. The Kier molecular flexibility index (Phi) is 6.84. The first-order valence-electron chi connectivity index (χ1n) is 10.4. The molecule has 0 saturated carbocycles. The van der Waals surface area contributed by atoms with Crippen LogP contribution in [-0.2, 0) is 17.9 Å². The van der Waals surface area contributed by atoms with E-state index in [4.69, 9.17) is 49.0 Å². The summed E-state index contributed by atoms with van der Waals surface area (Å²) < 4.78 is 16.7. The molecule has 35 heavy (non-hydrogen) atoms. The van der Waals surface area contributed by atoms with Gasteiger partial charge in [-0.05, 0) is 47.2 Å². The molecular formula is C25H16Cl3NO5S. The quantitative estimate of drug-likeness (QED) is 0.304. The molecule has 1 fully saturated rings. The molecule has 178 valence electrons. The lowest BCUT2D eigenvalue weighted by atomic mass is 10.1. The van der Waals surface area contributed by atoms with Crippen molar-refractivity contribution in [3.63, 3.8) is 0 Å². The highest BCUT2D eigenvalue weighted by molar-refractivity contribution is 8.18. The third-order valence-corrected chi connectivity index (χ3v) is 7.05. The predicted octanol–water partition coefficient (Wildman–Crippen LogP) is 7.19. The monoisotopic (exact) mass is 547 g/mol. The van der Waals surface area contributed by atoms with Gasteiger partial charge in [-0.25, -0.2) is 0 Å². The molecule has 2 aliphatic heterocycles. The second kappa shape index (κ2) is 10.0. The van der Waals surface area contributed by atoms with Crippen LogP contribution in [0, 0.1) is 0 Å². The Bertz CT molecular complexity index is 1360. The minimum absolute atomic E-state index is 0.00878. The molecule has 0 radical (unpaired) electrons. The first kappa shape index (κ1) is 23.9. The standard InChI is InChI=1S/C25H16Cl3NO5S/c26-17-6-15(23(19(28)9-17)32-12-14-4-2-1-3-5-14)8-22-24(30)29(25(31)35-22)11-16-7-20-21(10-18(16)27)34-13-33-20/h1-10H,11-13H2/b22-8-. The zero-order valence-electron chi connectivity index (χ0n) is 17.9. The summed E-state index contributed by atoms with van der Waals surface area (Å²) in [5.41, 5.74) is 2.01. The highest BCUT2D eigenvalue weighted by Crippen LogP contribution is 2.41. The number of thioether (sulfide) groups is 1. The number of ether oxygens (including phenoxy) is 3. The van der Waals surface area contributed by atoms with Crippen LogP contribution < -0.4 is 14.2 Å². The van der Waals surface area contributed by atoms with Gasteiger partial charge in [0.25, 0.3) is 11.1 Å².